The van der Waals surface area contributed by atoms with Crippen LogP contribution in [0.5, 0.6) is 5.06 Å². The van der Waals surface area contributed by atoms with Crippen LogP contribution >= 0.6 is 27.3 Å². The van der Waals surface area contributed by atoms with Gasteiger partial charge in [0.1, 0.15) is 0 Å². The zero-order valence-electron chi connectivity index (χ0n) is 5.89. The Labute approximate surface area is 83.4 Å². The maximum absolute atomic E-state index is 11.7. The molecule has 0 unspecified atom stereocenters. The van der Waals surface area contributed by atoms with E-state index in [-0.39, 0.29) is 14.4 Å². The molecule has 2 nitrogen and oxygen atoms in total. The molecule has 0 aliphatic heterocycles. The molecule has 0 spiro atoms. The first kappa shape index (κ1) is 10.5. The number of carbonyl (C=O) groups excluding carboxylic acids is 1. The molecule has 1 rings (SSSR count). The highest BCUT2D eigenvalue weighted by Gasteiger charge is 2.32. The Kier molecular flexibility index (Phi) is 2.97. The highest BCUT2D eigenvalue weighted by atomic mass is 79.9. The van der Waals surface area contributed by atoms with Gasteiger partial charge in [-0.25, -0.2) is 0 Å². The Bertz CT molecular complexity index is 320. The predicted octanol–water partition coefficient (Wildman–Crippen LogP) is 3.22. The molecule has 0 N–H and O–H groups in total. The molecule has 1 heterocycles. The first-order chi connectivity index (χ1) is 5.92. The number of hydrogen-bond donors (Lipinski definition) is 0. The summed E-state index contributed by atoms with van der Waals surface area (Å²) in [5, 5.41) is -0.366. The van der Waals surface area contributed by atoms with E-state index in [0.29, 0.717) is 17.6 Å². The number of aldehydes is 1. The number of alkyl halides is 3. The van der Waals surface area contributed by atoms with Crippen LogP contribution in [0.15, 0.2) is 10.5 Å². The lowest BCUT2D eigenvalue weighted by Crippen LogP contribution is -2.16. The molecular weight excluding hydrogens is 273 g/mol. The van der Waals surface area contributed by atoms with Crippen molar-refractivity contribution >= 4 is 33.6 Å². The van der Waals surface area contributed by atoms with Gasteiger partial charge in [-0.2, -0.15) is 0 Å². The van der Waals surface area contributed by atoms with Crippen LogP contribution in [-0.4, -0.2) is 12.6 Å². The van der Waals surface area contributed by atoms with E-state index >= 15 is 0 Å². The normalized spacial score (nSPS) is 11.4. The SMILES string of the molecule is O=Cc1cc(Br)c(OC(F)(F)F)s1. The summed E-state index contributed by atoms with van der Waals surface area (Å²) < 4.78 is 38.9. The highest BCUT2D eigenvalue weighted by Crippen LogP contribution is 2.37. The van der Waals surface area contributed by atoms with Crippen LogP contribution in [0.4, 0.5) is 13.2 Å². The highest BCUT2D eigenvalue weighted by molar-refractivity contribution is 9.10. The zero-order chi connectivity index (χ0) is 10.1. The number of ether oxygens (including phenoxy) is 1. The quantitative estimate of drug-likeness (QED) is 0.774. The van der Waals surface area contributed by atoms with E-state index in [1.54, 1.807) is 0 Å². The molecule has 0 aliphatic carbocycles. The van der Waals surface area contributed by atoms with Gasteiger partial charge in [-0.05, 0) is 22.0 Å². The van der Waals surface area contributed by atoms with E-state index in [9.17, 15) is 18.0 Å². The van der Waals surface area contributed by atoms with Crippen LogP contribution in [0.3, 0.4) is 0 Å². The Morgan fingerprint density at radius 1 is 1.54 bits per heavy atom. The van der Waals surface area contributed by atoms with E-state index in [4.69, 9.17) is 0 Å². The maximum Gasteiger partial charge on any atom is 0.573 e. The minimum atomic E-state index is -4.73. The molecule has 1 aromatic rings. The zero-order valence-corrected chi connectivity index (χ0v) is 8.29. The van der Waals surface area contributed by atoms with Gasteiger partial charge in [0.15, 0.2) is 11.3 Å². The summed E-state index contributed by atoms with van der Waals surface area (Å²) in [6.45, 7) is 0. The second kappa shape index (κ2) is 3.67. The van der Waals surface area contributed by atoms with Crippen LogP contribution in [-0.2, 0) is 0 Å². The molecule has 0 radical (unpaired) electrons. The standard InChI is InChI=1S/C6H2BrF3O2S/c7-4-1-3(2-11)13-5(4)12-6(8,9)10/h1-2H. The van der Waals surface area contributed by atoms with Crippen LogP contribution in [0.25, 0.3) is 0 Å². The van der Waals surface area contributed by atoms with Crippen molar-refractivity contribution in [3.63, 3.8) is 0 Å². The van der Waals surface area contributed by atoms with Crippen LogP contribution in [0.1, 0.15) is 9.67 Å². The second-order valence-corrected chi connectivity index (χ2v) is 3.85. The summed E-state index contributed by atoms with van der Waals surface area (Å²) in [5.74, 6) is 0. The molecule has 0 amide bonds. The third kappa shape index (κ3) is 3.00. The van der Waals surface area contributed by atoms with Gasteiger partial charge in [0.05, 0.1) is 9.35 Å². The molecule has 72 valence electrons. The Balaban J connectivity index is 2.89. The van der Waals surface area contributed by atoms with Crippen molar-refractivity contribution in [2.45, 2.75) is 6.36 Å². The van der Waals surface area contributed by atoms with Crippen molar-refractivity contribution in [2.75, 3.05) is 0 Å². The third-order valence-corrected chi connectivity index (χ3v) is 2.79. The predicted molar refractivity (Wildman–Crippen MR) is 44.1 cm³/mol. The summed E-state index contributed by atoms with van der Waals surface area (Å²) in [7, 11) is 0. The van der Waals surface area contributed by atoms with Crippen molar-refractivity contribution < 1.29 is 22.7 Å². The molecule has 0 aliphatic rings. The lowest BCUT2D eigenvalue weighted by Gasteiger charge is -2.05. The second-order valence-electron chi connectivity index (χ2n) is 1.95. The molecule has 0 saturated carbocycles. The van der Waals surface area contributed by atoms with Gasteiger partial charge in [0.25, 0.3) is 0 Å². The van der Waals surface area contributed by atoms with E-state index in [0.717, 1.165) is 0 Å². The van der Waals surface area contributed by atoms with Crippen molar-refractivity contribution in [1.29, 1.82) is 0 Å². The molecule has 0 fully saturated rings. The third-order valence-electron chi connectivity index (χ3n) is 0.999. The van der Waals surface area contributed by atoms with Gasteiger partial charge in [0, 0.05) is 0 Å². The Morgan fingerprint density at radius 2 is 2.15 bits per heavy atom. The summed E-state index contributed by atoms with van der Waals surface area (Å²) in [6.07, 6.45) is -4.27. The average Bonchev–Trinajstić information content (AvgIpc) is 2.29. The number of thiophene rings is 1. The minimum absolute atomic E-state index is 0.122. The van der Waals surface area contributed by atoms with Crippen LogP contribution < -0.4 is 4.74 Å². The fourth-order valence-electron chi connectivity index (χ4n) is 0.602. The fourth-order valence-corrected chi connectivity index (χ4v) is 2.06. The van der Waals surface area contributed by atoms with Crippen LogP contribution in [0.2, 0.25) is 0 Å². The van der Waals surface area contributed by atoms with Crippen molar-refractivity contribution in [2.24, 2.45) is 0 Å². The molecule has 0 aromatic carbocycles. The largest absolute Gasteiger partial charge is 0.573 e. The van der Waals surface area contributed by atoms with Crippen molar-refractivity contribution in [3.8, 4) is 5.06 Å². The topological polar surface area (TPSA) is 26.3 Å². The van der Waals surface area contributed by atoms with E-state index in [2.05, 4.69) is 20.7 Å². The number of rotatable bonds is 2. The molecular formula is C6H2BrF3O2S. The smallest absolute Gasteiger partial charge is 0.395 e. The van der Waals surface area contributed by atoms with Gasteiger partial charge in [0.2, 0.25) is 0 Å². The van der Waals surface area contributed by atoms with Gasteiger partial charge < -0.3 is 4.74 Å². The molecule has 13 heavy (non-hydrogen) atoms. The Hall–Kier alpha value is -0.560. The minimum Gasteiger partial charge on any atom is -0.395 e. The molecule has 0 saturated heterocycles. The first-order valence-electron chi connectivity index (χ1n) is 2.92. The Morgan fingerprint density at radius 3 is 2.54 bits per heavy atom. The van der Waals surface area contributed by atoms with Gasteiger partial charge in [-0.15, -0.1) is 13.2 Å². The van der Waals surface area contributed by atoms with Gasteiger partial charge in [-0.1, -0.05) is 11.3 Å². The van der Waals surface area contributed by atoms with Crippen molar-refractivity contribution in [3.05, 3.63) is 15.4 Å². The van der Waals surface area contributed by atoms with Gasteiger partial charge >= 0.3 is 6.36 Å². The first-order valence-corrected chi connectivity index (χ1v) is 4.53. The van der Waals surface area contributed by atoms with Crippen LogP contribution in [0, 0.1) is 0 Å². The van der Waals surface area contributed by atoms with Crippen molar-refractivity contribution in [1.82, 2.24) is 0 Å². The van der Waals surface area contributed by atoms with E-state index in [1.165, 1.54) is 6.07 Å². The lowest BCUT2D eigenvalue weighted by molar-refractivity contribution is -0.273. The molecule has 7 heteroatoms. The average molecular weight is 275 g/mol. The molecule has 0 bridgehead atoms. The monoisotopic (exact) mass is 274 g/mol. The summed E-state index contributed by atoms with van der Waals surface area (Å²) >= 11 is 3.47. The van der Waals surface area contributed by atoms with Gasteiger partial charge in [-0.3, -0.25) is 4.79 Å². The number of hydrogen-bond acceptors (Lipinski definition) is 3. The fraction of sp³-hybridized carbons (Fsp3) is 0.167. The number of carbonyl (C=O) groups is 1. The number of halogens is 4. The summed E-state index contributed by atoms with van der Waals surface area (Å²) in [4.78, 5) is 10.4. The lowest BCUT2D eigenvalue weighted by atomic mass is 10.5. The molecule has 1 aromatic heterocycles. The van der Waals surface area contributed by atoms with E-state index < -0.39 is 6.36 Å². The summed E-state index contributed by atoms with van der Waals surface area (Å²) in [5.41, 5.74) is 0. The van der Waals surface area contributed by atoms with E-state index in [1.807, 2.05) is 0 Å². The summed E-state index contributed by atoms with van der Waals surface area (Å²) in [6, 6.07) is 1.26. The molecule has 0 atom stereocenters. The maximum atomic E-state index is 11.7.